The standard InChI is InChI=1S/C13H12ClN3O2/c1-7-5-10(11(14)15-6-7)17-13(19)9-4-3-8(2)16-12(9)18/h3-6H,1-2H3,(H,16,18)(H,17,19). The Kier molecular flexibility index (Phi) is 3.66. The summed E-state index contributed by atoms with van der Waals surface area (Å²) >= 11 is 5.88. The third-order valence-electron chi connectivity index (χ3n) is 2.52. The third-order valence-corrected chi connectivity index (χ3v) is 2.83. The van der Waals surface area contributed by atoms with Gasteiger partial charge in [-0.2, -0.15) is 0 Å². The summed E-state index contributed by atoms with van der Waals surface area (Å²) in [5.41, 5.74) is 1.53. The molecule has 1 amide bonds. The molecule has 2 aromatic rings. The van der Waals surface area contributed by atoms with Crippen LogP contribution >= 0.6 is 11.6 Å². The number of carbonyl (C=O) groups excluding carboxylic acids is 1. The van der Waals surface area contributed by atoms with Gasteiger partial charge in [-0.1, -0.05) is 11.6 Å². The lowest BCUT2D eigenvalue weighted by Gasteiger charge is -2.07. The highest BCUT2D eigenvalue weighted by Crippen LogP contribution is 2.20. The largest absolute Gasteiger partial charge is 0.326 e. The van der Waals surface area contributed by atoms with Crippen LogP contribution in [0, 0.1) is 13.8 Å². The molecule has 0 aliphatic carbocycles. The van der Waals surface area contributed by atoms with Gasteiger partial charge in [0.1, 0.15) is 5.56 Å². The molecule has 19 heavy (non-hydrogen) atoms. The first-order chi connectivity index (χ1) is 8.97. The van der Waals surface area contributed by atoms with Gasteiger partial charge in [-0.3, -0.25) is 9.59 Å². The molecule has 2 N–H and O–H groups in total. The summed E-state index contributed by atoms with van der Waals surface area (Å²) in [5.74, 6) is -0.518. The Balaban J connectivity index is 2.31. The first-order valence-electron chi connectivity index (χ1n) is 5.61. The van der Waals surface area contributed by atoms with Crippen molar-refractivity contribution in [2.24, 2.45) is 0 Å². The first-order valence-corrected chi connectivity index (χ1v) is 5.98. The number of rotatable bonds is 2. The van der Waals surface area contributed by atoms with E-state index >= 15 is 0 Å². The zero-order chi connectivity index (χ0) is 14.0. The maximum Gasteiger partial charge on any atom is 0.261 e. The molecule has 0 aromatic carbocycles. The SMILES string of the molecule is Cc1cnc(Cl)c(NC(=O)c2ccc(C)[nH]c2=O)c1. The minimum absolute atomic E-state index is 0.0307. The van der Waals surface area contributed by atoms with E-state index < -0.39 is 11.5 Å². The second-order valence-electron chi connectivity index (χ2n) is 4.19. The molecule has 0 radical (unpaired) electrons. The van der Waals surface area contributed by atoms with Crippen LogP contribution in [0.1, 0.15) is 21.6 Å². The lowest BCUT2D eigenvalue weighted by Crippen LogP contribution is -2.23. The quantitative estimate of drug-likeness (QED) is 0.827. The van der Waals surface area contributed by atoms with Gasteiger partial charge < -0.3 is 10.3 Å². The minimum atomic E-state index is -0.518. The van der Waals surface area contributed by atoms with Gasteiger partial charge in [0.15, 0.2) is 5.15 Å². The van der Waals surface area contributed by atoms with Crippen LogP contribution in [0.15, 0.2) is 29.2 Å². The van der Waals surface area contributed by atoms with Crippen molar-refractivity contribution in [1.82, 2.24) is 9.97 Å². The van der Waals surface area contributed by atoms with Crippen molar-refractivity contribution in [3.63, 3.8) is 0 Å². The Morgan fingerprint density at radius 3 is 2.79 bits per heavy atom. The van der Waals surface area contributed by atoms with Crippen molar-refractivity contribution < 1.29 is 4.79 Å². The number of pyridine rings is 2. The number of aromatic amines is 1. The lowest BCUT2D eigenvalue weighted by atomic mass is 10.2. The van der Waals surface area contributed by atoms with Crippen molar-refractivity contribution in [2.45, 2.75) is 13.8 Å². The van der Waals surface area contributed by atoms with E-state index in [0.717, 1.165) is 5.56 Å². The number of hydrogen-bond donors (Lipinski definition) is 2. The van der Waals surface area contributed by atoms with Crippen molar-refractivity contribution in [2.75, 3.05) is 5.32 Å². The fourth-order valence-electron chi connectivity index (χ4n) is 1.58. The molecule has 0 aliphatic heterocycles. The van der Waals surface area contributed by atoms with Gasteiger partial charge in [-0.25, -0.2) is 4.98 Å². The Morgan fingerprint density at radius 2 is 2.11 bits per heavy atom. The zero-order valence-corrected chi connectivity index (χ0v) is 11.2. The van der Waals surface area contributed by atoms with E-state index in [0.29, 0.717) is 11.4 Å². The molecule has 2 heterocycles. The molecule has 2 rings (SSSR count). The van der Waals surface area contributed by atoms with Crippen LogP contribution in [-0.2, 0) is 0 Å². The summed E-state index contributed by atoms with van der Waals surface area (Å²) in [6, 6.07) is 4.82. The van der Waals surface area contributed by atoms with E-state index in [-0.39, 0.29) is 10.7 Å². The van der Waals surface area contributed by atoms with Gasteiger partial charge in [-0.05, 0) is 37.6 Å². The van der Waals surface area contributed by atoms with Crippen LogP contribution in [0.5, 0.6) is 0 Å². The van der Waals surface area contributed by atoms with Crippen LogP contribution in [0.3, 0.4) is 0 Å². The number of carbonyl (C=O) groups is 1. The molecule has 2 aromatic heterocycles. The normalized spacial score (nSPS) is 10.3. The number of amides is 1. The van der Waals surface area contributed by atoms with Crippen molar-refractivity contribution >= 4 is 23.2 Å². The number of halogens is 1. The zero-order valence-electron chi connectivity index (χ0n) is 10.5. The molecule has 0 saturated carbocycles. The number of aromatic nitrogens is 2. The average molecular weight is 278 g/mol. The fraction of sp³-hybridized carbons (Fsp3) is 0.154. The molecule has 0 fully saturated rings. The van der Waals surface area contributed by atoms with Gasteiger partial charge in [-0.15, -0.1) is 0 Å². The monoisotopic (exact) mass is 277 g/mol. The highest BCUT2D eigenvalue weighted by atomic mass is 35.5. The van der Waals surface area contributed by atoms with Gasteiger partial charge in [0.25, 0.3) is 11.5 Å². The maximum atomic E-state index is 12.0. The van der Waals surface area contributed by atoms with Gasteiger partial charge in [0.2, 0.25) is 0 Å². The molecule has 0 unspecified atom stereocenters. The van der Waals surface area contributed by atoms with Crippen LogP contribution in [0.4, 0.5) is 5.69 Å². The lowest BCUT2D eigenvalue weighted by molar-refractivity contribution is 0.102. The van der Waals surface area contributed by atoms with Crippen LogP contribution in [0.25, 0.3) is 0 Å². The molecular formula is C13H12ClN3O2. The summed E-state index contributed by atoms with van der Waals surface area (Å²) in [6.07, 6.45) is 1.59. The smallest absolute Gasteiger partial charge is 0.261 e. The molecule has 6 heteroatoms. The second-order valence-corrected chi connectivity index (χ2v) is 4.55. The van der Waals surface area contributed by atoms with Gasteiger partial charge in [0, 0.05) is 11.9 Å². The van der Waals surface area contributed by atoms with E-state index in [1.807, 2.05) is 6.92 Å². The molecule has 5 nitrogen and oxygen atoms in total. The number of aryl methyl sites for hydroxylation is 2. The molecule has 0 aliphatic rings. The third kappa shape index (κ3) is 3.00. The number of nitrogens with one attached hydrogen (secondary N) is 2. The van der Waals surface area contributed by atoms with E-state index in [2.05, 4.69) is 15.3 Å². The second kappa shape index (κ2) is 5.24. The summed E-state index contributed by atoms with van der Waals surface area (Å²) < 4.78 is 0. The summed E-state index contributed by atoms with van der Waals surface area (Å²) in [5, 5.41) is 2.76. The Hall–Kier alpha value is -2.14. The Morgan fingerprint density at radius 1 is 1.37 bits per heavy atom. The van der Waals surface area contributed by atoms with Crippen LogP contribution in [0.2, 0.25) is 5.15 Å². The fourth-order valence-corrected chi connectivity index (χ4v) is 1.73. The molecule has 0 spiro atoms. The number of H-pyrrole nitrogens is 1. The predicted octanol–water partition coefficient (Wildman–Crippen LogP) is 2.29. The van der Waals surface area contributed by atoms with Gasteiger partial charge >= 0.3 is 0 Å². The molecule has 0 bridgehead atoms. The van der Waals surface area contributed by atoms with Gasteiger partial charge in [0.05, 0.1) is 5.69 Å². The van der Waals surface area contributed by atoms with E-state index in [9.17, 15) is 9.59 Å². The van der Waals surface area contributed by atoms with Crippen molar-refractivity contribution in [3.05, 3.63) is 56.7 Å². The summed E-state index contributed by atoms with van der Waals surface area (Å²) in [7, 11) is 0. The minimum Gasteiger partial charge on any atom is -0.326 e. The Labute approximate surface area is 114 Å². The highest BCUT2D eigenvalue weighted by Gasteiger charge is 2.12. The van der Waals surface area contributed by atoms with E-state index in [1.54, 1.807) is 25.3 Å². The molecule has 0 saturated heterocycles. The molecular weight excluding hydrogens is 266 g/mol. The molecule has 0 atom stereocenters. The summed E-state index contributed by atoms with van der Waals surface area (Å²) in [6.45, 7) is 3.57. The number of anilines is 1. The summed E-state index contributed by atoms with van der Waals surface area (Å²) in [4.78, 5) is 30.1. The average Bonchev–Trinajstić information content (AvgIpc) is 2.33. The van der Waals surface area contributed by atoms with E-state index in [1.165, 1.54) is 6.07 Å². The van der Waals surface area contributed by atoms with Crippen LogP contribution < -0.4 is 10.9 Å². The van der Waals surface area contributed by atoms with E-state index in [4.69, 9.17) is 11.6 Å². The van der Waals surface area contributed by atoms with Crippen molar-refractivity contribution in [1.29, 1.82) is 0 Å². The molecule has 98 valence electrons. The maximum absolute atomic E-state index is 12.0. The van der Waals surface area contributed by atoms with Crippen LogP contribution in [-0.4, -0.2) is 15.9 Å². The topological polar surface area (TPSA) is 74.8 Å². The predicted molar refractivity (Wildman–Crippen MR) is 73.7 cm³/mol. The first kappa shape index (κ1) is 13.3. The Bertz CT molecular complexity index is 695. The number of hydrogen-bond acceptors (Lipinski definition) is 3. The number of nitrogens with zero attached hydrogens (tertiary/aromatic N) is 1. The van der Waals surface area contributed by atoms with Crippen molar-refractivity contribution in [3.8, 4) is 0 Å². The highest BCUT2D eigenvalue weighted by molar-refractivity contribution is 6.32.